The zero-order valence-electron chi connectivity index (χ0n) is 21.8. The SMILES string of the molecule is COc1ccc([Si](Cl)(c2ccc(OC)c(OC)c2C)c2ccc(OC)c(OC)c2C)c(C)c1OC. The monoisotopic (exact) mass is 516 g/mol. The molecule has 6 nitrogen and oxygen atoms in total. The predicted molar refractivity (Wildman–Crippen MR) is 143 cm³/mol. The average Bonchev–Trinajstić information content (AvgIpc) is 2.87. The second-order valence-electron chi connectivity index (χ2n) is 8.08. The summed E-state index contributed by atoms with van der Waals surface area (Å²) >= 11 is 7.95. The van der Waals surface area contributed by atoms with Crippen LogP contribution in [0.3, 0.4) is 0 Å². The minimum Gasteiger partial charge on any atom is -0.493 e. The lowest BCUT2D eigenvalue weighted by molar-refractivity contribution is 0.353. The molecule has 8 heteroatoms. The fourth-order valence-electron chi connectivity index (χ4n) is 4.80. The van der Waals surface area contributed by atoms with Crippen LogP contribution in [-0.2, 0) is 0 Å². The summed E-state index contributed by atoms with van der Waals surface area (Å²) in [4.78, 5) is 0. The van der Waals surface area contributed by atoms with Crippen LogP contribution in [0.15, 0.2) is 36.4 Å². The molecule has 0 spiro atoms. The van der Waals surface area contributed by atoms with Crippen LogP contribution >= 0.6 is 11.1 Å². The molecule has 0 atom stereocenters. The molecule has 0 N–H and O–H groups in total. The first-order valence-electron chi connectivity index (χ1n) is 11.1. The maximum Gasteiger partial charge on any atom is 0.249 e. The third kappa shape index (κ3) is 4.27. The molecule has 3 rings (SSSR count). The molecule has 35 heavy (non-hydrogen) atoms. The van der Waals surface area contributed by atoms with Crippen LogP contribution in [0, 0.1) is 20.8 Å². The summed E-state index contributed by atoms with van der Waals surface area (Å²) in [6.07, 6.45) is 0. The minimum atomic E-state index is -3.20. The molecule has 0 bridgehead atoms. The largest absolute Gasteiger partial charge is 0.493 e. The van der Waals surface area contributed by atoms with Gasteiger partial charge in [0, 0.05) is 0 Å². The Labute approximate surface area is 213 Å². The van der Waals surface area contributed by atoms with E-state index in [4.69, 9.17) is 39.5 Å². The van der Waals surface area contributed by atoms with Gasteiger partial charge in [0.15, 0.2) is 34.5 Å². The highest BCUT2D eigenvalue weighted by molar-refractivity contribution is 7.40. The zero-order chi connectivity index (χ0) is 25.9. The second kappa shape index (κ2) is 10.7. The third-order valence-electron chi connectivity index (χ3n) is 6.49. The van der Waals surface area contributed by atoms with Gasteiger partial charge in [0.05, 0.1) is 42.7 Å². The molecule has 0 radical (unpaired) electrons. The first-order valence-corrected chi connectivity index (χ1v) is 14.1. The lowest BCUT2D eigenvalue weighted by Gasteiger charge is -2.33. The molecule has 3 aromatic carbocycles. The van der Waals surface area contributed by atoms with E-state index in [1.54, 1.807) is 42.7 Å². The fourth-order valence-corrected chi connectivity index (χ4v) is 10.3. The van der Waals surface area contributed by atoms with Gasteiger partial charge in [0.25, 0.3) is 0 Å². The molecule has 0 saturated carbocycles. The van der Waals surface area contributed by atoms with E-state index in [0.29, 0.717) is 34.5 Å². The van der Waals surface area contributed by atoms with E-state index >= 15 is 0 Å². The van der Waals surface area contributed by atoms with Crippen molar-refractivity contribution in [1.29, 1.82) is 0 Å². The van der Waals surface area contributed by atoms with Crippen molar-refractivity contribution in [2.24, 2.45) is 0 Å². The van der Waals surface area contributed by atoms with Crippen molar-refractivity contribution < 1.29 is 28.4 Å². The smallest absolute Gasteiger partial charge is 0.249 e. The van der Waals surface area contributed by atoms with Crippen molar-refractivity contribution in [3.05, 3.63) is 53.1 Å². The van der Waals surface area contributed by atoms with Gasteiger partial charge in [-0.3, -0.25) is 0 Å². The Kier molecular flexibility index (Phi) is 8.13. The van der Waals surface area contributed by atoms with E-state index in [0.717, 1.165) is 32.3 Å². The van der Waals surface area contributed by atoms with Gasteiger partial charge in [-0.25, -0.2) is 0 Å². The van der Waals surface area contributed by atoms with E-state index in [2.05, 4.69) is 0 Å². The molecular weight excluding hydrogens is 484 g/mol. The average molecular weight is 517 g/mol. The topological polar surface area (TPSA) is 55.4 Å². The number of rotatable bonds is 9. The molecule has 3 aromatic rings. The van der Waals surface area contributed by atoms with Gasteiger partial charge in [-0.1, -0.05) is 18.2 Å². The quantitative estimate of drug-likeness (QED) is 0.244. The van der Waals surface area contributed by atoms with Crippen molar-refractivity contribution >= 4 is 34.0 Å². The van der Waals surface area contributed by atoms with Crippen LogP contribution in [0.5, 0.6) is 34.5 Å². The summed E-state index contributed by atoms with van der Waals surface area (Å²) in [5.74, 6) is 3.90. The lowest BCUT2D eigenvalue weighted by Crippen LogP contribution is -2.65. The van der Waals surface area contributed by atoms with Crippen molar-refractivity contribution in [3.8, 4) is 34.5 Å². The number of halogens is 1. The summed E-state index contributed by atoms with van der Waals surface area (Å²) in [5.41, 5.74) is 2.74. The summed E-state index contributed by atoms with van der Waals surface area (Å²) in [7, 11) is 6.58. The first-order chi connectivity index (χ1) is 16.7. The lowest BCUT2D eigenvalue weighted by atomic mass is 10.2. The Morgan fingerprint density at radius 2 is 0.714 bits per heavy atom. The molecule has 0 aromatic heterocycles. The van der Waals surface area contributed by atoms with Gasteiger partial charge in [-0.2, -0.15) is 0 Å². The Morgan fingerprint density at radius 3 is 0.914 bits per heavy atom. The summed E-state index contributed by atoms with van der Waals surface area (Å²) in [5, 5.41) is 2.92. The Hall–Kier alpha value is -3.03. The summed E-state index contributed by atoms with van der Waals surface area (Å²) in [6.45, 7) is 6.02. The Morgan fingerprint density at radius 1 is 0.457 bits per heavy atom. The zero-order valence-corrected chi connectivity index (χ0v) is 23.5. The van der Waals surface area contributed by atoms with Crippen molar-refractivity contribution in [3.63, 3.8) is 0 Å². The van der Waals surface area contributed by atoms with E-state index in [9.17, 15) is 0 Å². The third-order valence-corrected chi connectivity index (χ3v) is 12.2. The fraction of sp³-hybridized carbons (Fsp3) is 0.333. The Balaban J connectivity index is 2.50. The molecule has 0 amide bonds. The van der Waals surface area contributed by atoms with Crippen LogP contribution in [0.4, 0.5) is 0 Å². The number of methoxy groups -OCH3 is 6. The van der Waals surface area contributed by atoms with E-state index < -0.39 is 7.38 Å². The highest BCUT2D eigenvalue weighted by Gasteiger charge is 2.44. The standard InChI is InChI=1S/C27H33ClO6Si/c1-16-22(13-10-19(29-4)25(16)32-7)35(28,23-14-11-20(30-5)26(33-8)17(23)2)24-15-12-21(31-6)27(34-9)18(24)3/h10-15H,1-9H3. The van der Waals surface area contributed by atoms with Crippen LogP contribution in [0.2, 0.25) is 0 Å². The van der Waals surface area contributed by atoms with Gasteiger partial charge < -0.3 is 28.4 Å². The normalized spacial score (nSPS) is 11.1. The second-order valence-corrected chi connectivity index (χ2v) is 12.7. The molecule has 0 unspecified atom stereocenters. The highest BCUT2D eigenvalue weighted by atomic mass is 35.6. The molecule has 0 aliphatic heterocycles. The van der Waals surface area contributed by atoms with E-state index in [1.165, 1.54) is 0 Å². The van der Waals surface area contributed by atoms with Crippen molar-refractivity contribution in [2.75, 3.05) is 42.7 Å². The van der Waals surface area contributed by atoms with Gasteiger partial charge >= 0.3 is 0 Å². The molecular formula is C27H33ClO6Si. The maximum atomic E-state index is 7.95. The molecule has 0 heterocycles. The van der Waals surface area contributed by atoms with Gasteiger partial charge in [0.2, 0.25) is 7.38 Å². The highest BCUT2D eigenvalue weighted by Crippen LogP contribution is 2.36. The minimum absolute atomic E-state index is 0.648. The van der Waals surface area contributed by atoms with Crippen molar-refractivity contribution in [1.82, 2.24) is 0 Å². The molecule has 0 saturated heterocycles. The van der Waals surface area contributed by atoms with Crippen LogP contribution in [0.1, 0.15) is 16.7 Å². The number of benzene rings is 3. The maximum absolute atomic E-state index is 7.95. The van der Waals surface area contributed by atoms with Gasteiger partial charge in [-0.05, 0) is 71.2 Å². The number of hydrogen-bond acceptors (Lipinski definition) is 6. The molecule has 0 aliphatic rings. The Bertz CT molecular complexity index is 1080. The van der Waals surface area contributed by atoms with E-state index in [1.807, 2.05) is 57.2 Å². The number of hydrogen-bond donors (Lipinski definition) is 0. The molecule has 188 valence electrons. The first kappa shape index (κ1) is 26.6. The molecule has 0 fully saturated rings. The van der Waals surface area contributed by atoms with Crippen molar-refractivity contribution in [2.45, 2.75) is 20.8 Å². The summed E-state index contributed by atoms with van der Waals surface area (Å²) in [6, 6.07) is 11.8. The van der Waals surface area contributed by atoms with E-state index in [-0.39, 0.29) is 0 Å². The predicted octanol–water partition coefficient (Wildman–Crippen LogP) is 3.87. The van der Waals surface area contributed by atoms with Gasteiger partial charge in [0.1, 0.15) is 0 Å². The van der Waals surface area contributed by atoms with Gasteiger partial charge in [-0.15, -0.1) is 11.1 Å². The number of ether oxygens (including phenoxy) is 6. The van der Waals surface area contributed by atoms with Crippen LogP contribution in [0.25, 0.3) is 0 Å². The van der Waals surface area contributed by atoms with Crippen LogP contribution < -0.4 is 44.0 Å². The summed E-state index contributed by atoms with van der Waals surface area (Å²) < 4.78 is 33.9. The molecule has 0 aliphatic carbocycles. The van der Waals surface area contributed by atoms with Crippen LogP contribution in [-0.4, -0.2) is 50.0 Å².